The summed E-state index contributed by atoms with van der Waals surface area (Å²) < 4.78 is 0. The molecule has 1 heterocycles. The van der Waals surface area contributed by atoms with Crippen LogP contribution in [0.4, 0.5) is 5.82 Å². The normalized spacial score (nSPS) is 13.3. The van der Waals surface area contributed by atoms with Crippen molar-refractivity contribution in [2.24, 2.45) is 0 Å². The van der Waals surface area contributed by atoms with Gasteiger partial charge in [0.2, 0.25) is 5.91 Å². The Balaban J connectivity index is 1.88. The fourth-order valence-electron chi connectivity index (χ4n) is 1.95. The predicted octanol–water partition coefficient (Wildman–Crippen LogP) is 1.12. The Hall–Kier alpha value is -1.58. The van der Waals surface area contributed by atoms with Crippen LogP contribution in [0.15, 0.2) is 12.1 Å². The lowest BCUT2D eigenvalue weighted by atomic mass is 10.2. The Morgan fingerprint density at radius 3 is 3.12 bits per heavy atom. The van der Waals surface area contributed by atoms with Gasteiger partial charge < -0.3 is 10.6 Å². The van der Waals surface area contributed by atoms with E-state index in [4.69, 9.17) is 0 Å². The van der Waals surface area contributed by atoms with Gasteiger partial charge in [-0.15, -0.1) is 0 Å². The molecule has 1 amide bonds. The molecule has 1 aliphatic carbocycles. The highest BCUT2D eigenvalue weighted by molar-refractivity contribution is 5.76. The molecule has 0 aliphatic heterocycles. The number of anilines is 1. The maximum absolute atomic E-state index is 11.0. The first-order valence-corrected chi connectivity index (χ1v) is 5.73. The molecule has 0 bridgehead atoms. The van der Waals surface area contributed by atoms with Gasteiger partial charge in [-0.25, -0.2) is 4.98 Å². The van der Waals surface area contributed by atoms with E-state index in [1.165, 1.54) is 17.7 Å². The quantitative estimate of drug-likeness (QED) is 0.798. The zero-order valence-electron chi connectivity index (χ0n) is 9.55. The van der Waals surface area contributed by atoms with Crippen LogP contribution >= 0.6 is 0 Å². The van der Waals surface area contributed by atoms with E-state index >= 15 is 0 Å². The second-order valence-electron chi connectivity index (χ2n) is 4.01. The Labute approximate surface area is 95.5 Å². The number of nitrogens with zero attached hydrogens (tertiary/aromatic N) is 1. The number of rotatable bonds is 4. The van der Waals surface area contributed by atoms with Gasteiger partial charge in [0, 0.05) is 25.7 Å². The zero-order chi connectivity index (χ0) is 11.4. The smallest absolute Gasteiger partial charge is 0.221 e. The highest BCUT2D eigenvalue weighted by atomic mass is 16.1. The van der Waals surface area contributed by atoms with E-state index in [0.29, 0.717) is 13.0 Å². The Morgan fingerprint density at radius 1 is 1.44 bits per heavy atom. The molecule has 0 aromatic carbocycles. The molecule has 16 heavy (non-hydrogen) atoms. The van der Waals surface area contributed by atoms with E-state index in [-0.39, 0.29) is 5.91 Å². The van der Waals surface area contributed by atoms with Crippen molar-refractivity contribution in [3.8, 4) is 0 Å². The van der Waals surface area contributed by atoms with Crippen molar-refractivity contribution in [3.05, 3.63) is 23.4 Å². The number of carbonyl (C=O) groups is 1. The summed E-state index contributed by atoms with van der Waals surface area (Å²) in [5.41, 5.74) is 2.58. The highest BCUT2D eigenvalue weighted by Crippen LogP contribution is 2.21. The second kappa shape index (κ2) is 4.96. The first kappa shape index (κ1) is 10.9. The van der Waals surface area contributed by atoms with Crippen molar-refractivity contribution >= 4 is 11.7 Å². The molecular formula is C12H17N3O. The molecule has 4 heteroatoms. The van der Waals surface area contributed by atoms with Gasteiger partial charge >= 0.3 is 0 Å². The predicted molar refractivity (Wildman–Crippen MR) is 63.4 cm³/mol. The highest BCUT2D eigenvalue weighted by Gasteiger charge is 2.12. The van der Waals surface area contributed by atoms with Gasteiger partial charge in [0.15, 0.2) is 0 Å². The summed E-state index contributed by atoms with van der Waals surface area (Å²) in [5, 5.41) is 5.76. The van der Waals surface area contributed by atoms with Crippen LogP contribution in [0.2, 0.25) is 0 Å². The fraction of sp³-hybridized carbons (Fsp3) is 0.500. The lowest BCUT2D eigenvalue weighted by Gasteiger charge is -2.06. The molecule has 0 saturated heterocycles. The van der Waals surface area contributed by atoms with Crippen LogP contribution in [-0.4, -0.2) is 24.5 Å². The standard InChI is InChI=1S/C12H17N3O/c1-13-12(16)7-8-14-11-6-5-9-3-2-4-10(9)15-11/h5-6H,2-4,7-8H2,1H3,(H,13,16)(H,14,15). The van der Waals surface area contributed by atoms with E-state index in [9.17, 15) is 4.79 Å². The van der Waals surface area contributed by atoms with E-state index in [1.54, 1.807) is 7.05 Å². The summed E-state index contributed by atoms with van der Waals surface area (Å²) in [5.74, 6) is 0.929. The summed E-state index contributed by atoms with van der Waals surface area (Å²) in [6, 6.07) is 4.13. The third-order valence-electron chi connectivity index (χ3n) is 2.87. The fourth-order valence-corrected chi connectivity index (χ4v) is 1.95. The molecule has 0 spiro atoms. The molecule has 0 atom stereocenters. The average Bonchev–Trinajstić information content (AvgIpc) is 2.76. The molecule has 2 N–H and O–H groups in total. The lowest BCUT2D eigenvalue weighted by Crippen LogP contribution is -2.21. The van der Waals surface area contributed by atoms with Crippen molar-refractivity contribution in [2.45, 2.75) is 25.7 Å². The van der Waals surface area contributed by atoms with Gasteiger partial charge in [-0.05, 0) is 30.9 Å². The number of hydrogen-bond donors (Lipinski definition) is 2. The molecule has 2 rings (SSSR count). The van der Waals surface area contributed by atoms with Gasteiger partial charge in [0.05, 0.1) is 0 Å². The van der Waals surface area contributed by atoms with Crippen LogP contribution in [0, 0.1) is 0 Å². The average molecular weight is 219 g/mol. The largest absolute Gasteiger partial charge is 0.370 e. The molecule has 0 unspecified atom stereocenters. The van der Waals surface area contributed by atoms with Crippen LogP contribution in [0.1, 0.15) is 24.1 Å². The van der Waals surface area contributed by atoms with E-state index < -0.39 is 0 Å². The molecule has 0 fully saturated rings. The van der Waals surface area contributed by atoms with Gasteiger partial charge in [-0.1, -0.05) is 6.07 Å². The molecule has 4 nitrogen and oxygen atoms in total. The summed E-state index contributed by atoms with van der Waals surface area (Å²) in [6.07, 6.45) is 3.93. The van der Waals surface area contributed by atoms with Crippen LogP contribution in [-0.2, 0) is 17.6 Å². The van der Waals surface area contributed by atoms with Crippen molar-refractivity contribution in [1.82, 2.24) is 10.3 Å². The van der Waals surface area contributed by atoms with Gasteiger partial charge in [-0.2, -0.15) is 0 Å². The molecule has 0 saturated carbocycles. The van der Waals surface area contributed by atoms with Crippen LogP contribution in [0.3, 0.4) is 0 Å². The summed E-state index contributed by atoms with van der Waals surface area (Å²) >= 11 is 0. The Kier molecular flexibility index (Phi) is 3.39. The molecule has 1 aliphatic rings. The third kappa shape index (κ3) is 2.51. The minimum atomic E-state index is 0.0497. The zero-order valence-corrected chi connectivity index (χ0v) is 9.55. The SMILES string of the molecule is CNC(=O)CCNc1ccc2c(n1)CCC2. The van der Waals surface area contributed by atoms with Gasteiger partial charge in [0.25, 0.3) is 0 Å². The number of amides is 1. The maximum atomic E-state index is 11.0. The lowest BCUT2D eigenvalue weighted by molar-refractivity contribution is -0.120. The molecule has 0 radical (unpaired) electrons. The minimum Gasteiger partial charge on any atom is -0.370 e. The number of aryl methyl sites for hydroxylation is 2. The third-order valence-corrected chi connectivity index (χ3v) is 2.87. The number of hydrogen-bond acceptors (Lipinski definition) is 3. The molecule has 86 valence electrons. The monoisotopic (exact) mass is 219 g/mol. The van der Waals surface area contributed by atoms with Crippen molar-refractivity contribution < 1.29 is 4.79 Å². The van der Waals surface area contributed by atoms with E-state index in [2.05, 4.69) is 21.7 Å². The van der Waals surface area contributed by atoms with Crippen molar-refractivity contribution in [3.63, 3.8) is 0 Å². The van der Waals surface area contributed by atoms with E-state index in [0.717, 1.165) is 18.7 Å². The van der Waals surface area contributed by atoms with Crippen LogP contribution in [0.25, 0.3) is 0 Å². The van der Waals surface area contributed by atoms with E-state index in [1.807, 2.05) is 6.07 Å². The minimum absolute atomic E-state index is 0.0497. The van der Waals surface area contributed by atoms with Crippen molar-refractivity contribution in [1.29, 1.82) is 0 Å². The molecule has 1 aromatic rings. The van der Waals surface area contributed by atoms with Gasteiger partial charge in [0.1, 0.15) is 5.82 Å². The second-order valence-corrected chi connectivity index (χ2v) is 4.01. The van der Waals surface area contributed by atoms with Crippen LogP contribution < -0.4 is 10.6 Å². The summed E-state index contributed by atoms with van der Waals surface area (Å²) in [7, 11) is 1.65. The van der Waals surface area contributed by atoms with Gasteiger partial charge in [-0.3, -0.25) is 4.79 Å². The number of aromatic nitrogens is 1. The summed E-state index contributed by atoms with van der Waals surface area (Å²) in [4.78, 5) is 15.6. The van der Waals surface area contributed by atoms with Crippen LogP contribution in [0.5, 0.6) is 0 Å². The topological polar surface area (TPSA) is 54.0 Å². The Bertz CT molecular complexity index is 390. The summed E-state index contributed by atoms with van der Waals surface area (Å²) in [6.45, 7) is 0.630. The number of fused-ring (bicyclic) bond motifs is 1. The Morgan fingerprint density at radius 2 is 2.31 bits per heavy atom. The van der Waals surface area contributed by atoms with Crippen molar-refractivity contribution in [2.75, 3.05) is 18.9 Å². The molecule has 1 aromatic heterocycles. The maximum Gasteiger partial charge on any atom is 0.221 e. The number of pyridine rings is 1. The first-order valence-electron chi connectivity index (χ1n) is 5.73. The number of nitrogens with one attached hydrogen (secondary N) is 2. The first-order chi connectivity index (χ1) is 7.79. The molecular weight excluding hydrogens is 202 g/mol. The number of carbonyl (C=O) groups excluding carboxylic acids is 1.